The minimum atomic E-state index is -0.222. The van der Waals surface area contributed by atoms with Crippen LogP contribution in [-0.2, 0) is 11.2 Å². The molecule has 0 unspecified atom stereocenters. The van der Waals surface area contributed by atoms with E-state index in [0.717, 1.165) is 52.3 Å². The highest BCUT2D eigenvalue weighted by molar-refractivity contribution is 9.10. The SMILES string of the molecule is C[C@@H]1CN(CCc2ccc(N)cc2)[C@@H](c2cn(-c3ccc(Br)cc3)nc2-c2ccc(Cl)cn2)O1. The third kappa shape index (κ3) is 5.03. The molecule has 1 aliphatic rings. The predicted molar refractivity (Wildman–Crippen MR) is 139 cm³/mol. The van der Waals surface area contributed by atoms with Crippen LogP contribution in [0.25, 0.3) is 17.1 Å². The number of benzene rings is 2. The second-order valence-corrected chi connectivity index (χ2v) is 9.85. The van der Waals surface area contributed by atoms with Gasteiger partial charge in [0.2, 0.25) is 0 Å². The van der Waals surface area contributed by atoms with Crippen LogP contribution in [0.4, 0.5) is 5.69 Å². The molecule has 0 bridgehead atoms. The topological polar surface area (TPSA) is 69.2 Å². The molecule has 1 aliphatic heterocycles. The van der Waals surface area contributed by atoms with Crippen molar-refractivity contribution < 1.29 is 4.74 Å². The molecule has 2 atom stereocenters. The first-order valence-corrected chi connectivity index (χ1v) is 12.3. The number of aromatic nitrogens is 3. The summed E-state index contributed by atoms with van der Waals surface area (Å²) in [5, 5.41) is 5.51. The summed E-state index contributed by atoms with van der Waals surface area (Å²) in [6, 6.07) is 19.9. The Morgan fingerprint density at radius 2 is 1.85 bits per heavy atom. The number of pyridine rings is 1. The van der Waals surface area contributed by atoms with E-state index < -0.39 is 0 Å². The highest BCUT2D eigenvalue weighted by Gasteiger charge is 2.35. The van der Waals surface area contributed by atoms with Crippen LogP contribution < -0.4 is 5.73 Å². The van der Waals surface area contributed by atoms with Crippen molar-refractivity contribution in [3.05, 3.63) is 93.7 Å². The minimum absolute atomic E-state index is 0.110. The normalized spacial score (nSPS) is 18.4. The Kier molecular flexibility index (Phi) is 6.70. The predicted octanol–water partition coefficient (Wildman–Crippen LogP) is 5.89. The summed E-state index contributed by atoms with van der Waals surface area (Å²) >= 11 is 9.60. The summed E-state index contributed by atoms with van der Waals surface area (Å²) in [5.74, 6) is 0. The molecule has 3 heterocycles. The van der Waals surface area contributed by atoms with Crippen molar-refractivity contribution in [1.29, 1.82) is 0 Å². The summed E-state index contributed by atoms with van der Waals surface area (Å²) in [5.41, 5.74) is 11.4. The van der Waals surface area contributed by atoms with Gasteiger partial charge in [0.25, 0.3) is 0 Å². The van der Waals surface area contributed by atoms with Crippen molar-refractivity contribution in [2.75, 3.05) is 18.8 Å². The maximum absolute atomic E-state index is 6.41. The number of ether oxygens (including phenoxy) is 1. The van der Waals surface area contributed by atoms with E-state index in [0.29, 0.717) is 5.02 Å². The molecule has 4 aromatic rings. The summed E-state index contributed by atoms with van der Waals surface area (Å²) in [6.07, 6.45) is 4.49. The van der Waals surface area contributed by atoms with E-state index in [-0.39, 0.29) is 12.3 Å². The lowest BCUT2D eigenvalue weighted by atomic mass is 10.1. The molecule has 0 amide bonds. The van der Waals surface area contributed by atoms with Gasteiger partial charge in [-0.2, -0.15) is 5.10 Å². The molecule has 5 rings (SSSR count). The fourth-order valence-corrected chi connectivity index (χ4v) is 4.60. The number of nitrogen functional groups attached to an aromatic ring is 1. The Morgan fingerprint density at radius 3 is 2.56 bits per heavy atom. The maximum atomic E-state index is 6.41. The van der Waals surface area contributed by atoms with E-state index in [1.54, 1.807) is 6.20 Å². The van der Waals surface area contributed by atoms with E-state index in [1.807, 2.05) is 59.4 Å². The maximum Gasteiger partial charge on any atom is 0.141 e. The molecular formula is C26H25BrClN5O. The van der Waals surface area contributed by atoms with Gasteiger partial charge in [-0.05, 0) is 67.4 Å². The van der Waals surface area contributed by atoms with Crippen molar-refractivity contribution in [1.82, 2.24) is 19.7 Å². The van der Waals surface area contributed by atoms with E-state index >= 15 is 0 Å². The molecule has 6 nitrogen and oxygen atoms in total. The minimum Gasteiger partial charge on any atom is -0.399 e. The first-order valence-electron chi connectivity index (χ1n) is 11.2. The van der Waals surface area contributed by atoms with Crippen LogP contribution in [0.2, 0.25) is 5.02 Å². The summed E-state index contributed by atoms with van der Waals surface area (Å²) in [4.78, 5) is 6.91. The number of nitrogens with zero attached hydrogens (tertiary/aromatic N) is 4. The summed E-state index contributed by atoms with van der Waals surface area (Å²) in [6.45, 7) is 3.81. The monoisotopic (exact) mass is 537 g/mol. The van der Waals surface area contributed by atoms with Gasteiger partial charge in [0.1, 0.15) is 11.9 Å². The van der Waals surface area contributed by atoms with Crippen LogP contribution in [0.1, 0.15) is 24.3 Å². The van der Waals surface area contributed by atoms with Crippen LogP contribution in [0, 0.1) is 0 Å². The largest absolute Gasteiger partial charge is 0.399 e. The van der Waals surface area contributed by atoms with Gasteiger partial charge in [-0.3, -0.25) is 9.88 Å². The number of hydrogen-bond acceptors (Lipinski definition) is 5. The van der Waals surface area contributed by atoms with Gasteiger partial charge in [0, 0.05) is 41.2 Å². The smallest absolute Gasteiger partial charge is 0.141 e. The zero-order valence-electron chi connectivity index (χ0n) is 18.7. The van der Waals surface area contributed by atoms with Crippen molar-refractivity contribution in [2.24, 2.45) is 0 Å². The molecule has 0 saturated carbocycles. The van der Waals surface area contributed by atoms with Gasteiger partial charge in [0.15, 0.2) is 0 Å². The number of halogens is 2. The standard InChI is InChI=1S/C26H25BrClN5O/c1-17-15-32(13-12-18-2-7-21(29)8-3-18)26(34-17)23-16-33(22-9-4-19(27)5-10-22)31-25(23)24-11-6-20(28)14-30-24/h2-11,14,16-17,26H,12-13,15,29H2,1H3/t17-,26-/m1/s1. The molecule has 1 fully saturated rings. The van der Waals surface area contributed by atoms with Gasteiger partial charge in [0.05, 0.1) is 22.5 Å². The van der Waals surface area contributed by atoms with Crippen molar-refractivity contribution in [2.45, 2.75) is 25.7 Å². The van der Waals surface area contributed by atoms with Gasteiger partial charge >= 0.3 is 0 Å². The Hall–Kier alpha value is -2.71. The van der Waals surface area contributed by atoms with Crippen molar-refractivity contribution in [3.8, 4) is 17.1 Å². The third-order valence-corrected chi connectivity index (χ3v) is 6.67. The van der Waals surface area contributed by atoms with Gasteiger partial charge in [-0.15, -0.1) is 0 Å². The first-order chi connectivity index (χ1) is 16.5. The van der Waals surface area contributed by atoms with E-state index in [2.05, 4.69) is 44.9 Å². The third-order valence-electron chi connectivity index (χ3n) is 5.92. The Bertz CT molecular complexity index is 1260. The van der Waals surface area contributed by atoms with Crippen LogP contribution in [0.5, 0.6) is 0 Å². The van der Waals surface area contributed by atoms with E-state index in [4.69, 9.17) is 27.2 Å². The average molecular weight is 539 g/mol. The van der Waals surface area contributed by atoms with Crippen LogP contribution in [-0.4, -0.2) is 38.9 Å². The van der Waals surface area contributed by atoms with Crippen LogP contribution >= 0.6 is 27.5 Å². The number of rotatable bonds is 6. The van der Waals surface area contributed by atoms with Gasteiger partial charge < -0.3 is 10.5 Å². The lowest BCUT2D eigenvalue weighted by Crippen LogP contribution is -2.27. The Balaban J connectivity index is 1.49. The summed E-state index contributed by atoms with van der Waals surface area (Å²) in [7, 11) is 0. The highest BCUT2D eigenvalue weighted by atomic mass is 79.9. The van der Waals surface area contributed by atoms with Gasteiger partial charge in [-0.25, -0.2) is 4.68 Å². The molecule has 2 aromatic carbocycles. The fourth-order valence-electron chi connectivity index (χ4n) is 4.22. The zero-order chi connectivity index (χ0) is 23.7. The molecule has 2 N–H and O–H groups in total. The van der Waals surface area contributed by atoms with Crippen LogP contribution in [0.15, 0.2) is 77.5 Å². The van der Waals surface area contributed by atoms with Crippen LogP contribution in [0.3, 0.4) is 0 Å². The highest BCUT2D eigenvalue weighted by Crippen LogP contribution is 2.36. The summed E-state index contributed by atoms with van der Waals surface area (Å²) < 4.78 is 9.32. The van der Waals surface area contributed by atoms with Gasteiger partial charge in [-0.1, -0.05) is 39.7 Å². The first kappa shape index (κ1) is 23.1. The fraction of sp³-hybridized carbons (Fsp3) is 0.231. The molecular weight excluding hydrogens is 514 g/mol. The van der Waals surface area contributed by atoms with Crippen molar-refractivity contribution in [3.63, 3.8) is 0 Å². The lowest BCUT2D eigenvalue weighted by molar-refractivity contribution is 0.00520. The van der Waals surface area contributed by atoms with Crippen molar-refractivity contribution >= 4 is 33.2 Å². The molecule has 34 heavy (non-hydrogen) atoms. The molecule has 174 valence electrons. The number of hydrogen-bond donors (Lipinski definition) is 1. The molecule has 0 radical (unpaired) electrons. The molecule has 0 aliphatic carbocycles. The zero-order valence-corrected chi connectivity index (χ0v) is 21.1. The molecule has 1 saturated heterocycles. The number of nitrogens with two attached hydrogens (primary N) is 1. The van der Waals surface area contributed by atoms with E-state index in [1.165, 1.54) is 5.56 Å². The second kappa shape index (κ2) is 9.88. The molecule has 2 aromatic heterocycles. The van der Waals surface area contributed by atoms with E-state index in [9.17, 15) is 0 Å². The molecule has 0 spiro atoms. The lowest BCUT2D eigenvalue weighted by Gasteiger charge is -2.22. The Morgan fingerprint density at radius 1 is 1.09 bits per heavy atom. The Labute approximate surface area is 212 Å². The molecule has 8 heteroatoms. The average Bonchev–Trinajstić information content (AvgIpc) is 3.43. The second-order valence-electron chi connectivity index (χ2n) is 8.50. The quantitative estimate of drug-likeness (QED) is 0.310. The number of anilines is 1.